The summed E-state index contributed by atoms with van der Waals surface area (Å²) in [7, 11) is 0. The molecule has 5 nitrogen and oxygen atoms in total. The van der Waals surface area contributed by atoms with Crippen molar-refractivity contribution in [1.29, 1.82) is 0 Å². The minimum Gasteiger partial charge on any atom is -0.333 e. The summed E-state index contributed by atoms with van der Waals surface area (Å²) in [6.45, 7) is 0.429. The number of amides is 2. The van der Waals surface area contributed by atoms with Gasteiger partial charge in [0.05, 0.1) is 10.9 Å². The van der Waals surface area contributed by atoms with E-state index in [2.05, 4.69) is 20.8 Å². The third-order valence-corrected chi connectivity index (χ3v) is 5.01. The van der Waals surface area contributed by atoms with Crippen LogP contribution in [0.4, 0.5) is 9.93 Å². The highest BCUT2D eigenvalue weighted by Gasteiger charge is 2.09. The van der Waals surface area contributed by atoms with Gasteiger partial charge < -0.3 is 5.32 Å². The van der Waals surface area contributed by atoms with Gasteiger partial charge in [-0.2, -0.15) is 0 Å². The molecule has 0 aliphatic heterocycles. The Balaban J connectivity index is 1.51. The fourth-order valence-electron chi connectivity index (χ4n) is 1.90. The van der Waals surface area contributed by atoms with Crippen molar-refractivity contribution in [2.75, 3.05) is 5.32 Å². The van der Waals surface area contributed by atoms with Crippen LogP contribution in [-0.2, 0) is 13.0 Å². The van der Waals surface area contributed by atoms with Crippen molar-refractivity contribution >= 4 is 45.4 Å². The number of anilines is 1. The second-order valence-electron chi connectivity index (χ2n) is 4.68. The molecule has 0 spiro atoms. The molecule has 0 bridgehead atoms. The second kappa shape index (κ2) is 7.54. The quantitative estimate of drug-likeness (QED) is 0.714. The highest BCUT2D eigenvalue weighted by atomic mass is 35.5. The SMILES string of the molecule is O=C(NCc1ccc(Cl)s1)Nc1nnc(Cc2ccccc2)s1. The van der Waals surface area contributed by atoms with E-state index in [1.165, 1.54) is 22.7 Å². The number of halogens is 1. The van der Waals surface area contributed by atoms with Gasteiger partial charge in [-0.3, -0.25) is 5.32 Å². The Morgan fingerprint density at radius 3 is 2.65 bits per heavy atom. The third-order valence-electron chi connectivity index (χ3n) is 2.94. The van der Waals surface area contributed by atoms with Crippen molar-refractivity contribution < 1.29 is 4.79 Å². The predicted molar refractivity (Wildman–Crippen MR) is 94.3 cm³/mol. The van der Waals surface area contributed by atoms with E-state index < -0.39 is 0 Å². The van der Waals surface area contributed by atoms with Gasteiger partial charge in [0.25, 0.3) is 0 Å². The number of hydrogen-bond acceptors (Lipinski definition) is 5. The summed E-state index contributed by atoms with van der Waals surface area (Å²) in [6, 6.07) is 13.4. The van der Waals surface area contributed by atoms with Crippen LogP contribution in [0.15, 0.2) is 42.5 Å². The smallest absolute Gasteiger partial charge is 0.321 e. The van der Waals surface area contributed by atoms with Gasteiger partial charge in [-0.05, 0) is 17.7 Å². The Bertz CT molecular complexity index is 788. The highest BCUT2D eigenvalue weighted by Crippen LogP contribution is 2.21. The number of carbonyl (C=O) groups excluding carboxylic acids is 1. The molecule has 2 N–H and O–H groups in total. The van der Waals surface area contributed by atoms with Crippen molar-refractivity contribution in [3.05, 3.63) is 62.2 Å². The Morgan fingerprint density at radius 1 is 1.09 bits per heavy atom. The number of hydrogen-bond donors (Lipinski definition) is 2. The lowest BCUT2D eigenvalue weighted by Crippen LogP contribution is -2.27. The maximum absolute atomic E-state index is 11.8. The molecule has 2 heterocycles. The summed E-state index contributed by atoms with van der Waals surface area (Å²) in [5.41, 5.74) is 1.16. The van der Waals surface area contributed by atoms with E-state index in [0.29, 0.717) is 22.4 Å². The molecule has 0 saturated heterocycles. The summed E-state index contributed by atoms with van der Waals surface area (Å²) in [5, 5.41) is 14.9. The predicted octanol–water partition coefficient (Wildman–Crippen LogP) is 4.17. The zero-order valence-corrected chi connectivity index (χ0v) is 14.3. The van der Waals surface area contributed by atoms with Crippen LogP contribution >= 0.6 is 34.3 Å². The molecule has 0 unspecified atom stereocenters. The highest BCUT2D eigenvalue weighted by molar-refractivity contribution is 7.16. The number of rotatable bonds is 5. The molecule has 1 aromatic carbocycles. The van der Waals surface area contributed by atoms with Crippen molar-refractivity contribution in [2.45, 2.75) is 13.0 Å². The molecule has 3 aromatic rings. The molecule has 118 valence electrons. The number of urea groups is 1. The van der Waals surface area contributed by atoms with Crippen LogP contribution in [0.3, 0.4) is 0 Å². The van der Waals surface area contributed by atoms with Crippen molar-refractivity contribution in [1.82, 2.24) is 15.5 Å². The maximum atomic E-state index is 11.8. The summed E-state index contributed by atoms with van der Waals surface area (Å²) < 4.78 is 0.705. The van der Waals surface area contributed by atoms with Crippen LogP contribution in [0.5, 0.6) is 0 Å². The normalized spacial score (nSPS) is 10.5. The van der Waals surface area contributed by atoms with Gasteiger partial charge in [0.15, 0.2) is 0 Å². The number of carbonyl (C=O) groups is 1. The van der Waals surface area contributed by atoms with E-state index in [9.17, 15) is 4.79 Å². The molecule has 0 aliphatic carbocycles. The minimum absolute atomic E-state index is 0.308. The topological polar surface area (TPSA) is 66.9 Å². The molecular weight excluding hydrogens is 352 g/mol. The first-order valence-corrected chi connectivity index (χ1v) is 8.85. The monoisotopic (exact) mass is 364 g/mol. The van der Waals surface area contributed by atoms with Gasteiger partial charge in [-0.25, -0.2) is 4.79 Å². The van der Waals surface area contributed by atoms with E-state index >= 15 is 0 Å². The Morgan fingerprint density at radius 2 is 1.91 bits per heavy atom. The van der Waals surface area contributed by atoms with Crippen molar-refractivity contribution in [3.63, 3.8) is 0 Å². The lowest BCUT2D eigenvalue weighted by Gasteiger charge is -2.02. The fraction of sp³-hybridized carbons (Fsp3) is 0.133. The van der Waals surface area contributed by atoms with E-state index in [1.54, 1.807) is 0 Å². The van der Waals surface area contributed by atoms with Gasteiger partial charge in [0.2, 0.25) is 5.13 Å². The lowest BCUT2D eigenvalue weighted by atomic mass is 10.2. The lowest BCUT2D eigenvalue weighted by molar-refractivity contribution is 0.252. The van der Waals surface area contributed by atoms with Crippen molar-refractivity contribution in [3.8, 4) is 0 Å². The number of aromatic nitrogens is 2. The average molecular weight is 365 g/mol. The van der Waals surface area contributed by atoms with Crippen LogP contribution < -0.4 is 10.6 Å². The van der Waals surface area contributed by atoms with Gasteiger partial charge in [0, 0.05) is 11.3 Å². The molecule has 0 saturated carbocycles. The fourth-order valence-corrected chi connectivity index (χ4v) is 3.70. The molecule has 0 aliphatic rings. The maximum Gasteiger partial charge on any atom is 0.321 e. The minimum atomic E-state index is -0.308. The summed E-state index contributed by atoms with van der Waals surface area (Å²) in [5.74, 6) is 0. The van der Waals surface area contributed by atoms with Crippen LogP contribution in [0.2, 0.25) is 4.34 Å². The molecule has 8 heteroatoms. The van der Waals surface area contributed by atoms with Crippen LogP contribution in [0.1, 0.15) is 15.4 Å². The molecule has 3 rings (SSSR count). The number of nitrogens with one attached hydrogen (secondary N) is 2. The third kappa shape index (κ3) is 4.75. The molecule has 2 aromatic heterocycles. The van der Waals surface area contributed by atoms with Crippen LogP contribution in [0.25, 0.3) is 0 Å². The Labute approximate surface area is 146 Å². The Hall–Kier alpha value is -1.96. The first kappa shape index (κ1) is 15.9. The summed E-state index contributed by atoms with van der Waals surface area (Å²) in [4.78, 5) is 12.8. The van der Waals surface area contributed by atoms with Crippen LogP contribution in [-0.4, -0.2) is 16.2 Å². The first-order chi connectivity index (χ1) is 11.2. The van der Waals surface area contributed by atoms with Crippen molar-refractivity contribution in [2.24, 2.45) is 0 Å². The van der Waals surface area contributed by atoms with Gasteiger partial charge in [0.1, 0.15) is 5.01 Å². The molecular formula is C15H13ClN4OS2. The van der Waals surface area contributed by atoms with E-state index in [-0.39, 0.29) is 6.03 Å². The molecule has 0 atom stereocenters. The Kier molecular flexibility index (Phi) is 5.22. The van der Waals surface area contributed by atoms with Crippen LogP contribution in [0, 0.1) is 0 Å². The molecule has 0 radical (unpaired) electrons. The number of benzene rings is 1. The number of nitrogens with zero attached hydrogens (tertiary/aromatic N) is 2. The summed E-state index contributed by atoms with van der Waals surface area (Å²) >= 11 is 8.66. The first-order valence-electron chi connectivity index (χ1n) is 6.84. The van der Waals surface area contributed by atoms with E-state index in [4.69, 9.17) is 11.6 Å². The van der Waals surface area contributed by atoms with Gasteiger partial charge in [-0.1, -0.05) is 53.3 Å². The molecule has 23 heavy (non-hydrogen) atoms. The van der Waals surface area contributed by atoms with Gasteiger partial charge >= 0.3 is 6.03 Å². The summed E-state index contributed by atoms with van der Waals surface area (Å²) in [6.07, 6.45) is 0.704. The largest absolute Gasteiger partial charge is 0.333 e. The van der Waals surface area contributed by atoms with Gasteiger partial charge in [-0.15, -0.1) is 21.5 Å². The average Bonchev–Trinajstić information content (AvgIpc) is 3.15. The standard InChI is InChI=1S/C15H13ClN4OS2/c16-12-7-6-11(22-12)9-17-14(21)18-15-20-19-13(23-15)8-10-4-2-1-3-5-10/h1-7H,8-9H2,(H2,17,18,20,21). The zero-order valence-electron chi connectivity index (χ0n) is 12.0. The zero-order chi connectivity index (χ0) is 16.1. The number of thiophene rings is 1. The van der Waals surface area contributed by atoms with E-state index in [1.807, 2.05) is 42.5 Å². The molecule has 0 fully saturated rings. The molecule has 2 amide bonds. The second-order valence-corrected chi connectivity index (χ2v) is 7.54. The van der Waals surface area contributed by atoms with E-state index in [0.717, 1.165) is 15.4 Å².